The minimum Gasteiger partial charge on any atom is -0.394 e. The van der Waals surface area contributed by atoms with Gasteiger partial charge in [0.2, 0.25) is 23.6 Å². The first-order chi connectivity index (χ1) is 36.5. The Morgan fingerprint density at radius 1 is 0.494 bits per heavy atom. The number of carbonyl (C=O) groups excluding carboxylic acids is 4. The Labute approximate surface area is 448 Å². The summed E-state index contributed by atoms with van der Waals surface area (Å²) in [6.45, 7) is 1.42. The van der Waals surface area contributed by atoms with Crippen molar-refractivity contribution < 1.29 is 115 Å². The first-order valence-electron chi connectivity index (χ1n) is 26.4. The van der Waals surface area contributed by atoms with E-state index in [1.165, 1.54) is 25.7 Å². The Bertz CT molecular complexity index is 1940. The number of aliphatic hydroxyl groups is 9. The molecule has 20 atom stereocenters. The molecule has 4 heterocycles. The van der Waals surface area contributed by atoms with Crippen molar-refractivity contribution in [2.45, 2.75) is 240 Å². The molecule has 77 heavy (non-hydrogen) atoms. The molecule has 0 bridgehead atoms. The maximum absolute atomic E-state index is 13.3. The Balaban J connectivity index is 1.47. The molecule has 0 aliphatic carbocycles. The lowest BCUT2D eigenvalue weighted by Gasteiger charge is -2.51. The van der Waals surface area contributed by atoms with E-state index >= 15 is 0 Å². The summed E-state index contributed by atoms with van der Waals surface area (Å²) in [6, 6.07) is -6.58. The summed E-state index contributed by atoms with van der Waals surface area (Å²) in [6.07, 6.45) is -10.8. The summed E-state index contributed by atoms with van der Waals surface area (Å²) in [4.78, 5) is 50.5. The quantitative estimate of drug-likeness (QED) is 0.0183. The fourth-order valence-corrected chi connectivity index (χ4v) is 10.00. The largest absolute Gasteiger partial charge is 0.397 e. The molecule has 0 aromatic carbocycles. The minimum atomic E-state index is -5.15. The zero-order chi connectivity index (χ0) is 57.0. The molecule has 28 nitrogen and oxygen atoms in total. The van der Waals surface area contributed by atoms with Crippen molar-refractivity contribution in [3.63, 3.8) is 0 Å². The number of rotatable bonds is 31. The number of hydrogen-bond donors (Lipinski definition) is 14. The van der Waals surface area contributed by atoms with Gasteiger partial charge in [-0.25, -0.2) is 4.18 Å². The van der Waals surface area contributed by atoms with E-state index in [0.717, 1.165) is 72.1 Å². The third kappa shape index (κ3) is 20.4. The molecule has 29 heteroatoms. The Kier molecular flexibility index (Phi) is 28.4. The highest BCUT2D eigenvalue weighted by Crippen LogP contribution is 2.35. The molecule has 4 aliphatic rings. The molecular formula is C48H84N4O24S. The average molecular weight is 1130 g/mol. The fourth-order valence-electron chi connectivity index (χ4n) is 9.69. The lowest BCUT2D eigenvalue weighted by molar-refractivity contribution is -0.361. The molecule has 14 N–H and O–H groups in total. The Morgan fingerprint density at radius 2 is 0.883 bits per heavy atom. The SMILES string of the molecule is CCCCCC/C=C\CCCCCCCCCC(=O)NC1[C@H](O[C@@H]2C(CO)O[C@@H](O[C@@H]3C(CO)O[C@@H](O[C@@H]4C(COS(=O)(=O)O)O[C@@H](O)C(NC(C)=O)[C@H]4O)C(NC(C)=O)[C@H]3O)C(NC(C)=O)[C@H]2O)OC(CO)[C@@H](O)[C@@H]1O. The van der Waals surface area contributed by atoms with Crippen molar-refractivity contribution in [2.75, 3.05) is 26.4 Å². The third-order valence-electron chi connectivity index (χ3n) is 13.6. The van der Waals surface area contributed by atoms with Crippen LogP contribution in [0.5, 0.6) is 0 Å². The van der Waals surface area contributed by atoms with Crippen molar-refractivity contribution >= 4 is 34.0 Å². The summed E-state index contributed by atoms with van der Waals surface area (Å²) < 4.78 is 77.9. The van der Waals surface area contributed by atoms with Crippen LogP contribution in [0.2, 0.25) is 0 Å². The zero-order valence-corrected chi connectivity index (χ0v) is 44.8. The van der Waals surface area contributed by atoms with Crippen LogP contribution in [0, 0.1) is 0 Å². The van der Waals surface area contributed by atoms with Gasteiger partial charge in [-0.3, -0.25) is 23.7 Å². The standard InChI is InChI=1S/C48H84N4O24S/c1-5-6-7-8-9-10-11-12-13-14-15-16-17-18-19-20-32(59)52-34-38(61)37(60)28(21-53)71-46(34)74-42-29(22-54)72-47(35(40(42)63)50-26(3)57)75-43-30(23-55)73-48(36(41(43)64)51-27(4)58)76-44-31(24-69-77(66,67)68)70-45(65)33(39(44)62)49-25(2)56/h10-11,28-31,33-48,53-55,60-65H,5-9,12-24H2,1-4H3,(H,49,56)(H,50,57)(H,51,58)(H,52,59)(H,66,67,68)/b11-10-/t28?,29?,30?,31?,33?,34?,35?,36?,37-,38-,39-,40-,41-,42-,43-,44-,45-,46+,47+,48+/m1/s1. The number of aliphatic hydroxyl groups excluding tert-OH is 9. The third-order valence-corrected chi connectivity index (χ3v) is 14.1. The highest BCUT2D eigenvalue weighted by Gasteiger charge is 2.56. The summed E-state index contributed by atoms with van der Waals surface area (Å²) in [5, 5.41) is 109. The summed E-state index contributed by atoms with van der Waals surface area (Å²) >= 11 is 0. The van der Waals surface area contributed by atoms with Crippen molar-refractivity contribution in [3.8, 4) is 0 Å². The predicted octanol–water partition coefficient (Wildman–Crippen LogP) is -3.33. The normalized spacial score (nSPS) is 35.8. The van der Waals surface area contributed by atoms with Crippen LogP contribution in [0.4, 0.5) is 0 Å². The van der Waals surface area contributed by atoms with Gasteiger partial charge in [0.05, 0.1) is 26.4 Å². The van der Waals surface area contributed by atoms with E-state index < -0.39 is 183 Å². The van der Waals surface area contributed by atoms with E-state index in [1.54, 1.807) is 0 Å². The maximum Gasteiger partial charge on any atom is 0.397 e. The zero-order valence-electron chi connectivity index (χ0n) is 44.0. The van der Waals surface area contributed by atoms with Crippen molar-refractivity contribution in [3.05, 3.63) is 12.2 Å². The molecule has 0 aromatic rings. The molecule has 4 saturated heterocycles. The van der Waals surface area contributed by atoms with E-state index in [-0.39, 0.29) is 6.42 Å². The van der Waals surface area contributed by atoms with Crippen LogP contribution in [0.25, 0.3) is 0 Å². The molecule has 0 radical (unpaired) electrons. The van der Waals surface area contributed by atoms with Crippen LogP contribution in [0.3, 0.4) is 0 Å². The smallest absolute Gasteiger partial charge is 0.394 e. The lowest BCUT2D eigenvalue weighted by atomic mass is 9.93. The van der Waals surface area contributed by atoms with Crippen LogP contribution < -0.4 is 21.3 Å². The van der Waals surface area contributed by atoms with E-state index in [0.29, 0.717) is 6.42 Å². The number of hydrogen-bond acceptors (Lipinski definition) is 23. The van der Waals surface area contributed by atoms with Gasteiger partial charge in [0.25, 0.3) is 0 Å². The minimum absolute atomic E-state index is 0.0322. The van der Waals surface area contributed by atoms with Gasteiger partial charge in [-0.2, -0.15) is 8.42 Å². The number of carbonyl (C=O) groups is 4. The second-order valence-electron chi connectivity index (χ2n) is 19.8. The summed E-state index contributed by atoms with van der Waals surface area (Å²) in [7, 11) is -5.15. The Hall–Kier alpha value is -3.15. The van der Waals surface area contributed by atoms with Gasteiger partial charge in [-0.1, -0.05) is 70.4 Å². The second-order valence-corrected chi connectivity index (χ2v) is 20.9. The van der Waals surface area contributed by atoms with Crippen LogP contribution in [0.1, 0.15) is 118 Å². The molecule has 8 unspecified atom stereocenters. The molecule has 0 spiro atoms. The van der Waals surface area contributed by atoms with Crippen LogP contribution in [-0.4, -0.2) is 232 Å². The van der Waals surface area contributed by atoms with Gasteiger partial charge in [0.1, 0.15) is 97.4 Å². The predicted molar refractivity (Wildman–Crippen MR) is 264 cm³/mol. The number of amides is 4. The topological polar surface area (TPSA) is 427 Å². The fraction of sp³-hybridized carbons (Fsp3) is 0.875. The summed E-state index contributed by atoms with van der Waals surface area (Å²) in [5.74, 6) is -2.91. The molecule has 4 rings (SSSR count). The van der Waals surface area contributed by atoms with Crippen molar-refractivity contribution in [2.24, 2.45) is 0 Å². The molecular weight excluding hydrogens is 1050 g/mol. The molecule has 446 valence electrons. The number of allylic oxidation sites excluding steroid dienone is 2. The van der Waals surface area contributed by atoms with Gasteiger partial charge in [0.15, 0.2) is 25.2 Å². The van der Waals surface area contributed by atoms with E-state index in [9.17, 15) is 78.1 Å². The van der Waals surface area contributed by atoms with Gasteiger partial charge in [-0.05, 0) is 32.1 Å². The van der Waals surface area contributed by atoms with E-state index in [1.807, 2.05) is 0 Å². The van der Waals surface area contributed by atoms with Gasteiger partial charge < -0.3 is 100 Å². The number of unbranched alkanes of at least 4 members (excludes halogenated alkanes) is 11. The molecule has 4 fully saturated rings. The van der Waals surface area contributed by atoms with Crippen LogP contribution in [0.15, 0.2) is 12.2 Å². The maximum atomic E-state index is 13.3. The van der Waals surface area contributed by atoms with Crippen LogP contribution in [-0.2, 0) is 66.9 Å². The van der Waals surface area contributed by atoms with Crippen LogP contribution >= 0.6 is 0 Å². The number of ether oxygens (including phenoxy) is 7. The lowest BCUT2D eigenvalue weighted by Crippen LogP contribution is -2.71. The van der Waals surface area contributed by atoms with Gasteiger partial charge >= 0.3 is 10.4 Å². The van der Waals surface area contributed by atoms with Gasteiger partial charge in [-0.15, -0.1) is 0 Å². The monoisotopic (exact) mass is 1130 g/mol. The number of nitrogens with one attached hydrogen (secondary N) is 4. The highest BCUT2D eigenvalue weighted by molar-refractivity contribution is 7.80. The van der Waals surface area contributed by atoms with Gasteiger partial charge in [0, 0.05) is 27.2 Å². The molecule has 4 amide bonds. The average Bonchev–Trinajstić information content (AvgIpc) is 3.37. The van der Waals surface area contributed by atoms with E-state index in [2.05, 4.69) is 44.5 Å². The second kappa shape index (κ2) is 32.9. The Morgan fingerprint density at radius 3 is 1.32 bits per heavy atom. The van der Waals surface area contributed by atoms with Crippen molar-refractivity contribution in [1.29, 1.82) is 0 Å². The molecule has 4 aliphatic heterocycles. The summed E-state index contributed by atoms with van der Waals surface area (Å²) in [5.41, 5.74) is 0. The van der Waals surface area contributed by atoms with Crippen molar-refractivity contribution in [1.82, 2.24) is 21.3 Å². The first kappa shape index (κ1) is 66.4. The first-order valence-corrected chi connectivity index (χ1v) is 27.8. The molecule has 0 aromatic heterocycles. The van der Waals surface area contributed by atoms with E-state index in [4.69, 9.17) is 33.2 Å². The highest BCUT2D eigenvalue weighted by atomic mass is 32.3. The molecule has 0 saturated carbocycles.